The highest BCUT2D eigenvalue weighted by molar-refractivity contribution is 7.91. The normalized spacial score (nSPS) is 15.2. The van der Waals surface area contributed by atoms with Crippen molar-refractivity contribution in [2.45, 2.75) is 11.7 Å². The number of sulfone groups is 1. The number of nitrogens with zero attached hydrogens (tertiary/aromatic N) is 2. The molecule has 0 bridgehead atoms. The smallest absolute Gasteiger partial charge is 0.270 e. The van der Waals surface area contributed by atoms with Crippen LogP contribution >= 0.6 is 11.6 Å². The molecule has 0 saturated carbocycles. The molecule has 0 atom stereocenters. The number of nitrogens with one attached hydrogen (secondary N) is 1. The zero-order chi connectivity index (χ0) is 17.3. The molecule has 2 heterocycles. The number of amides is 1. The van der Waals surface area contributed by atoms with Gasteiger partial charge >= 0.3 is 0 Å². The van der Waals surface area contributed by atoms with E-state index in [9.17, 15) is 13.2 Å². The van der Waals surface area contributed by atoms with E-state index >= 15 is 0 Å². The van der Waals surface area contributed by atoms with Gasteiger partial charge in [0.05, 0.1) is 12.4 Å². The molecule has 0 radical (unpaired) electrons. The molecule has 24 heavy (non-hydrogen) atoms. The van der Waals surface area contributed by atoms with Crippen LogP contribution in [0.25, 0.3) is 11.3 Å². The van der Waals surface area contributed by atoms with E-state index < -0.39 is 9.84 Å². The van der Waals surface area contributed by atoms with Crippen molar-refractivity contribution in [2.75, 3.05) is 26.0 Å². The average molecular weight is 370 g/mol. The Labute approximate surface area is 144 Å². The summed E-state index contributed by atoms with van der Waals surface area (Å²) < 4.78 is 30.6. The highest BCUT2D eigenvalue weighted by Crippen LogP contribution is 2.30. The van der Waals surface area contributed by atoms with Gasteiger partial charge in [0.1, 0.15) is 11.4 Å². The van der Waals surface area contributed by atoms with E-state index in [1.165, 1.54) is 11.7 Å². The minimum absolute atomic E-state index is 0.0470. The summed E-state index contributed by atoms with van der Waals surface area (Å²) in [5.74, 6) is -0.429. The van der Waals surface area contributed by atoms with Gasteiger partial charge in [-0.25, -0.2) is 13.4 Å². The van der Waals surface area contributed by atoms with Crippen LogP contribution in [-0.2, 0) is 21.1 Å². The molecular formula is C15H16ClN3O4S. The third-order valence-corrected chi connectivity index (χ3v) is 5.56. The zero-order valence-corrected chi connectivity index (χ0v) is 14.5. The quantitative estimate of drug-likeness (QED) is 0.804. The van der Waals surface area contributed by atoms with Crippen LogP contribution in [0.5, 0.6) is 0 Å². The Morgan fingerprint density at radius 2 is 2.08 bits per heavy atom. The van der Waals surface area contributed by atoms with Gasteiger partial charge < -0.3 is 14.6 Å². The van der Waals surface area contributed by atoms with Crippen molar-refractivity contribution in [1.29, 1.82) is 0 Å². The first-order valence-corrected chi connectivity index (χ1v) is 9.33. The van der Waals surface area contributed by atoms with Crippen molar-refractivity contribution >= 4 is 27.3 Å². The molecule has 0 unspecified atom stereocenters. The molecule has 1 amide bonds. The van der Waals surface area contributed by atoms with E-state index in [-0.39, 0.29) is 29.1 Å². The lowest BCUT2D eigenvalue weighted by molar-refractivity contribution is 0.0928. The Morgan fingerprint density at radius 3 is 2.75 bits per heavy atom. The summed E-state index contributed by atoms with van der Waals surface area (Å²) in [7, 11) is -1.92. The monoisotopic (exact) mass is 369 g/mol. The van der Waals surface area contributed by atoms with Crippen LogP contribution in [0.2, 0.25) is 5.02 Å². The van der Waals surface area contributed by atoms with Crippen molar-refractivity contribution in [3.63, 3.8) is 0 Å². The Balaban J connectivity index is 2.08. The van der Waals surface area contributed by atoms with Crippen LogP contribution in [0.15, 0.2) is 29.4 Å². The minimum Gasteiger partial charge on any atom is -0.383 e. The summed E-state index contributed by atoms with van der Waals surface area (Å²) in [4.78, 5) is 16.8. The summed E-state index contributed by atoms with van der Waals surface area (Å²) in [6.45, 7) is 0.898. The topological polar surface area (TPSA) is 90.3 Å². The Hall–Kier alpha value is -1.90. The number of fused-ring (bicyclic) bond motifs is 1. The van der Waals surface area contributed by atoms with Gasteiger partial charge in [-0.2, -0.15) is 0 Å². The number of halogens is 1. The number of hydrogen-bond donors (Lipinski definition) is 1. The molecular weight excluding hydrogens is 354 g/mol. The third-order valence-electron chi connectivity index (χ3n) is 3.72. The van der Waals surface area contributed by atoms with E-state index in [1.807, 2.05) is 0 Å². The van der Waals surface area contributed by atoms with Gasteiger partial charge in [0.25, 0.3) is 5.91 Å². The first-order chi connectivity index (χ1) is 11.4. The summed E-state index contributed by atoms with van der Waals surface area (Å²) in [6.07, 6.45) is 0. The Bertz CT molecular complexity index is 875. The summed E-state index contributed by atoms with van der Waals surface area (Å²) in [6, 6.07) is 6.75. The van der Waals surface area contributed by atoms with Crippen LogP contribution in [0, 0.1) is 0 Å². The standard InChI is InChI=1S/C15H16ClN3O4S/c1-23-8-6-17-14(20)13-12(10-2-4-11(16)5-3-10)18-15-19(13)7-9-24(15,21)22/h2-5H,6-9H2,1H3,(H,17,20). The van der Waals surface area contributed by atoms with Crippen LogP contribution in [0.1, 0.15) is 10.5 Å². The number of benzene rings is 1. The van der Waals surface area contributed by atoms with Crippen LogP contribution in [0.3, 0.4) is 0 Å². The highest BCUT2D eigenvalue weighted by Gasteiger charge is 2.35. The number of imidazole rings is 1. The van der Waals surface area contributed by atoms with Gasteiger partial charge in [-0.05, 0) is 12.1 Å². The molecule has 9 heteroatoms. The van der Waals surface area contributed by atoms with Gasteiger partial charge in [0, 0.05) is 30.8 Å². The van der Waals surface area contributed by atoms with E-state index in [4.69, 9.17) is 16.3 Å². The fourth-order valence-corrected chi connectivity index (χ4v) is 4.05. The van der Waals surface area contributed by atoms with Crippen molar-refractivity contribution < 1.29 is 17.9 Å². The molecule has 128 valence electrons. The number of ether oxygens (including phenoxy) is 1. The minimum atomic E-state index is -3.46. The molecule has 0 aliphatic carbocycles. The first-order valence-electron chi connectivity index (χ1n) is 7.30. The van der Waals surface area contributed by atoms with Crippen LogP contribution < -0.4 is 5.32 Å². The second-order valence-electron chi connectivity index (χ2n) is 5.32. The average Bonchev–Trinajstić information content (AvgIpc) is 3.06. The molecule has 3 rings (SSSR count). The largest absolute Gasteiger partial charge is 0.383 e. The molecule has 1 aliphatic rings. The second kappa shape index (κ2) is 6.54. The van der Waals surface area contributed by atoms with E-state index in [1.54, 1.807) is 24.3 Å². The fourth-order valence-electron chi connectivity index (χ4n) is 2.57. The first kappa shape index (κ1) is 16.9. The highest BCUT2D eigenvalue weighted by atomic mass is 35.5. The molecule has 0 fully saturated rings. The van der Waals surface area contributed by atoms with Gasteiger partial charge in [-0.15, -0.1) is 0 Å². The molecule has 0 spiro atoms. The van der Waals surface area contributed by atoms with Crippen molar-refractivity contribution in [2.24, 2.45) is 0 Å². The van der Waals surface area contributed by atoms with Crippen LogP contribution in [0.4, 0.5) is 0 Å². The third kappa shape index (κ3) is 3.04. The molecule has 1 N–H and O–H groups in total. The van der Waals surface area contributed by atoms with E-state index in [0.29, 0.717) is 29.4 Å². The summed E-state index contributed by atoms with van der Waals surface area (Å²) in [5, 5.41) is 3.20. The molecule has 1 aliphatic heterocycles. The second-order valence-corrected chi connectivity index (χ2v) is 7.76. The maximum absolute atomic E-state index is 12.6. The predicted molar refractivity (Wildman–Crippen MR) is 88.9 cm³/mol. The molecule has 2 aromatic rings. The summed E-state index contributed by atoms with van der Waals surface area (Å²) in [5.41, 5.74) is 1.21. The molecule has 1 aromatic heterocycles. The SMILES string of the molecule is COCCNC(=O)c1c(-c2ccc(Cl)cc2)nc2n1CCS2(=O)=O. The molecule has 7 nitrogen and oxygen atoms in total. The number of hydrogen-bond acceptors (Lipinski definition) is 5. The Morgan fingerprint density at radius 1 is 1.38 bits per heavy atom. The molecule has 0 saturated heterocycles. The fraction of sp³-hybridized carbons (Fsp3) is 0.333. The van der Waals surface area contributed by atoms with Crippen LogP contribution in [-0.4, -0.2) is 49.9 Å². The Kier molecular flexibility index (Phi) is 4.62. The van der Waals surface area contributed by atoms with Crippen molar-refractivity contribution in [3.05, 3.63) is 35.0 Å². The van der Waals surface area contributed by atoms with Crippen molar-refractivity contribution in [3.8, 4) is 11.3 Å². The maximum Gasteiger partial charge on any atom is 0.270 e. The van der Waals surface area contributed by atoms with E-state index in [0.717, 1.165) is 0 Å². The molecule has 1 aromatic carbocycles. The lowest BCUT2D eigenvalue weighted by Crippen LogP contribution is -2.29. The lowest BCUT2D eigenvalue weighted by atomic mass is 10.1. The van der Waals surface area contributed by atoms with Gasteiger partial charge in [0.2, 0.25) is 15.0 Å². The number of rotatable bonds is 5. The lowest BCUT2D eigenvalue weighted by Gasteiger charge is -2.08. The van der Waals surface area contributed by atoms with E-state index in [2.05, 4.69) is 10.3 Å². The van der Waals surface area contributed by atoms with Gasteiger partial charge in [-0.1, -0.05) is 23.7 Å². The van der Waals surface area contributed by atoms with Gasteiger partial charge in [0.15, 0.2) is 0 Å². The number of methoxy groups -OCH3 is 1. The number of carbonyl (C=O) groups excluding carboxylic acids is 1. The van der Waals surface area contributed by atoms with Crippen molar-refractivity contribution in [1.82, 2.24) is 14.9 Å². The summed E-state index contributed by atoms with van der Waals surface area (Å²) >= 11 is 5.89. The van der Waals surface area contributed by atoms with Gasteiger partial charge in [-0.3, -0.25) is 4.79 Å². The number of aromatic nitrogens is 2. The predicted octanol–water partition coefficient (Wildman–Crippen LogP) is 1.37. The zero-order valence-electron chi connectivity index (χ0n) is 13.0. The maximum atomic E-state index is 12.6. The number of carbonyl (C=O) groups is 1.